The van der Waals surface area contributed by atoms with Gasteiger partial charge in [0.2, 0.25) is 5.91 Å². The molecule has 0 radical (unpaired) electrons. The number of benzene rings is 1. The van der Waals surface area contributed by atoms with E-state index in [2.05, 4.69) is 24.5 Å². The van der Waals surface area contributed by atoms with Gasteiger partial charge in [-0.2, -0.15) is 0 Å². The van der Waals surface area contributed by atoms with E-state index in [1.807, 2.05) is 0 Å². The van der Waals surface area contributed by atoms with Crippen LogP contribution in [0.15, 0.2) is 18.2 Å². The van der Waals surface area contributed by atoms with Crippen LogP contribution < -0.4 is 10.6 Å². The number of halogens is 1. The van der Waals surface area contributed by atoms with Crippen LogP contribution in [0.3, 0.4) is 0 Å². The number of hydrogen-bond donors (Lipinski definition) is 2. The molecule has 2 atom stereocenters. The van der Waals surface area contributed by atoms with Crippen LogP contribution in [-0.4, -0.2) is 24.7 Å². The second kappa shape index (κ2) is 6.89. The zero-order valence-corrected chi connectivity index (χ0v) is 12.8. The van der Waals surface area contributed by atoms with Gasteiger partial charge in [0, 0.05) is 25.3 Å². The van der Waals surface area contributed by atoms with Crippen LogP contribution in [0.25, 0.3) is 0 Å². The summed E-state index contributed by atoms with van der Waals surface area (Å²) in [6, 6.07) is 4.75. The third-order valence-corrected chi connectivity index (χ3v) is 3.70. The molecule has 5 heteroatoms. The molecule has 1 aliphatic rings. The summed E-state index contributed by atoms with van der Waals surface area (Å²) in [7, 11) is 0. The van der Waals surface area contributed by atoms with Crippen molar-refractivity contribution in [2.75, 3.05) is 17.2 Å². The predicted octanol–water partition coefficient (Wildman–Crippen LogP) is 3.40. The molecule has 116 valence electrons. The maximum absolute atomic E-state index is 13.9. The standard InChI is InChI=1S/C16H23FN2O2/c1-10(2)16-9-13(6-7-21-16)19-15-8-12(18-11(3)20)4-5-14(15)17/h4-5,8,10,13,16,19H,6-7,9H2,1-3H3,(H,18,20). The number of ether oxygens (including phenoxy) is 1. The van der Waals surface area contributed by atoms with Crippen molar-refractivity contribution in [1.82, 2.24) is 0 Å². The van der Waals surface area contributed by atoms with Crippen molar-refractivity contribution in [2.24, 2.45) is 5.92 Å². The lowest BCUT2D eigenvalue weighted by Crippen LogP contribution is -2.36. The monoisotopic (exact) mass is 294 g/mol. The smallest absolute Gasteiger partial charge is 0.221 e. The van der Waals surface area contributed by atoms with E-state index in [0.717, 1.165) is 12.8 Å². The van der Waals surface area contributed by atoms with Crippen molar-refractivity contribution in [2.45, 2.75) is 45.8 Å². The lowest BCUT2D eigenvalue weighted by Gasteiger charge is -2.33. The van der Waals surface area contributed by atoms with Crippen LogP contribution in [0.1, 0.15) is 33.6 Å². The van der Waals surface area contributed by atoms with Gasteiger partial charge in [0.1, 0.15) is 5.82 Å². The highest BCUT2D eigenvalue weighted by Gasteiger charge is 2.25. The molecule has 2 rings (SSSR count). The summed E-state index contributed by atoms with van der Waals surface area (Å²) in [5.74, 6) is -0.0275. The van der Waals surface area contributed by atoms with Crippen LogP contribution >= 0.6 is 0 Å². The van der Waals surface area contributed by atoms with Crippen LogP contribution in [0.2, 0.25) is 0 Å². The first-order valence-corrected chi connectivity index (χ1v) is 7.41. The second-order valence-corrected chi connectivity index (χ2v) is 5.89. The molecule has 1 aliphatic heterocycles. The van der Waals surface area contributed by atoms with Gasteiger partial charge in [-0.25, -0.2) is 4.39 Å². The van der Waals surface area contributed by atoms with E-state index in [9.17, 15) is 9.18 Å². The van der Waals surface area contributed by atoms with Gasteiger partial charge in [-0.15, -0.1) is 0 Å². The van der Waals surface area contributed by atoms with Gasteiger partial charge < -0.3 is 15.4 Å². The fraction of sp³-hybridized carbons (Fsp3) is 0.562. The number of rotatable bonds is 4. The summed E-state index contributed by atoms with van der Waals surface area (Å²) >= 11 is 0. The number of anilines is 2. The molecule has 1 fully saturated rings. The summed E-state index contributed by atoms with van der Waals surface area (Å²) in [6.45, 7) is 6.38. The third-order valence-electron chi connectivity index (χ3n) is 3.70. The summed E-state index contributed by atoms with van der Waals surface area (Å²) in [5, 5.41) is 5.91. The minimum Gasteiger partial charge on any atom is -0.380 e. The van der Waals surface area contributed by atoms with Crippen LogP contribution in [0.5, 0.6) is 0 Å². The highest BCUT2D eigenvalue weighted by molar-refractivity contribution is 5.89. The molecule has 2 N–H and O–H groups in total. The topological polar surface area (TPSA) is 50.4 Å². The van der Waals surface area contributed by atoms with Gasteiger partial charge in [0.05, 0.1) is 11.8 Å². The molecule has 1 heterocycles. The molecule has 0 saturated carbocycles. The van der Waals surface area contributed by atoms with E-state index in [1.165, 1.54) is 13.0 Å². The SMILES string of the molecule is CC(=O)Nc1ccc(F)c(NC2CCOC(C(C)C)C2)c1. The zero-order chi connectivity index (χ0) is 15.4. The molecule has 0 spiro atoms. The minimum absolute atomic E-state index is 0.168. The van der Waals surface area contributed by atoms with E-state index in [4.69, 9.17) is 4.74 Å². The number of hydrogen-bond acceptors (Lipinski definition) is 3. The van der Waals surface area contributed by atoms with Crippen molar-refractivity contribution in [1.29, 1.82) is 0 Å². The van der Waals surface area contributed by atoms with Crippen LogP contribution in [-0.2, 0) is 9.53 Å². The van der Waals surface area contributed by atoms with Crippen LogP contribution in [0.4, 0.5) is 15.8 Å². The van der Waals surface area contributed by atoms with Gasteiger partial charge in [-0.3, -0.25) is 4.79 Å². The predicted molar refractivity (Wildman–Crippen MR) is 81.9 cm³/mol. The Morgan fingerprint density at radius 1 is 1.43 bits per heavy atom. The van der Waals surface area contributed by atoms with Crippen molar-refractivity contribution < 1.29 is 13.9 Å². The maximum Gasteiger partial charge on any atom is 0.221 e. The molecule has 0 aromatic heterocycles. The molecular weight excluding hydrogens is 271 g/mol. The molecule has 1 saturated heterocycles. The average molecular weight is 294 g/mol. The Bertz CT molecular complexity index is 505. The third kappa shape index (κ3) is 4.43. The zero-order valence-electron chi connectivity index (χ0n) is 12.8. The summed E-state index contributed by atoms with van der Waals surface area (Å²) < 4.78 is 19.6. The molecule has 4 nitrogen and oxygen atoms in total. The summed E-state index contributed by atoms with van der Waals surface area (Å²) in [6.07, 6.45) is 1.92. The Hall–Kier alpha value is -1.62. The minimum atomic E-state index is -0.309. The Morgan fingerprint density at radius 3 is 2.86 bits per heavy atom. The Morgan fingerprint density at radius 2 is 2.19 bits per heavy atom. The van der Waals surface area contributed by atoms with Crippen molar-refractivity contribution in [3.63, 3.8) is 0 Å². The fourth-order valence-electron chi connectivity index (χ4n) is 2.56. The van der Waals surface area contributed by atoms with E-state index >= 15 is 0 Å². The van der Waals surface area contributed by atoms with Crippen molar-refractivity contribution in [3.8, 4) is 0 Å². The Labute approximate surface area is 125 Å². The molecule has 1 aromatic carbocycles. The largest absolute Gasteiger partial charge is 0.380 e. The van der Waals surface area contributed by atoms with E-state index < -0.39 is 0 Å². The second-order valence-electron chi connectivity index (χ2n) is 5.89. The molecule has 1 amide bonds. The highest BCUT2D eigenvalue weighted by Crippen LogP contribution is 2.26. The molecule has 21 heavy (non-hydrogen) atoms. The number of carbonyl (C=O) groups is 1. The van der Waals surface area contributed by atoms with Gasteiger partial charge in [-0.05, 0) is 37.0 Å². The fourth-order valence-corrected chi connectivity index (χ4v) is 2.56. The molecular formula is C16H23FN2O2. The van der Waals surface area contributed by atoms with E-state index in [0.29, 0.717) is 23.9 Å². The lowest BCUT2D eigenvalue weighted by atomic mass is 9.95. The van der Waals surface area contributed by atoms with Gasteiger partial charge in [0.25, 0.3) is 0 Å². The average Bonchev–Trinajstić information content (AvgIpc) is 2.42. The number of nitrogens with one attached hydrogen (secondary N) is 2. The summed E-state index contributed by atoms with van der Waals surface area (Å²) in [4.78, 5) is 11.1. The molecule has 2 unspecified atom stereocenters. The first-order chi connectivity index (χ1) is 9.95. The molecule has 1 aromatic rings. The van der Waals surface area contributed by atoms with Gasteiger partial charge >= 0.3 is 0 Å². The molecule has 0 aliphatic carbocycles. The number of amides is 1. The van der Waals surface area contributed by atoms with Crippen molar-refractivity contribution >= 4 is 17.3 Å². The summed E-state index contributed by atoms with van der Waals surface area (Å²) in [5.41, 5.74) is 1.02. The van der Waals surface area contributed by atoms with Crippen LogP contribution in [0, 0.1) is 11.7 Å². The Balaban J connectivity index is 2.06. The van der Waals surface area contributed by atoms with Crippen molar-refractivity contribution in [3.05, 3.63) is 24.0 Å². The Kier molecular flexibility index (Phi) is 5.17. The first-order valence-electron chi connectivity index (χ1n) is 7.41. The first kappa shape index (κ1) is 15.8. The quantitative estimate of drug-likeness (QED) is 0.895. The van der Waals surface area contributed by atoms with Gasteiger partial charge in [0.15, 0.2) is 0 Å². The highest BCUT2D eigenvalue weighted by atomic mass is 19.1. The van der Waals surface area contributed by atoms with Gasteiger partial charge in [-0.1, -0.05) is 13.8 Å². The number of carbonyl (C=O) groups excluding carboxylic acids is 1. The lowest BCUT2D eigenvalue weighted by molar-refractivity contribution is -0.114. The maximum atomic E-state index is 13.9. The molecule has 0 bridgehead atoms. The van der Waals surface area contributed by atoms with E-state index in [1.54, 1.807) is 12.1 Å². The van der Waals surface area contributed by atoms with E-state index in [-0.39, 0.29) is 23.9 Å². The normalized spacial score (nSPS) is 22.1.